The van der Waals surface area contributed by atoms with Gasteiger partial charge in [-0.15, -0.1) is 0 Å². The Bertz CT molecular complexity index is 1110. The Kier molecular flexibility index (Phi) is 3.54. The molecule has 2 heterocycles. The third kappa shape index (κ3) is 2.55. The van der Waals surface area contributed by atoms with Crippen molar-refractivity contribution in [3.8, 4) is 28.4 Å². The van der Waals surface area contributed by atoms with Crippen molar-refractivity contribution in [2.45, 2.75) is 0 Å². The summed E-state index contributed by atoms with van der Waals surface area (Å²) in [6.45, 7) is 0. The number of rotatable bonds is 3. The van der Waals surface area contributed by atoms with Crippen LogP contribution >= 0.6 is 0 Å². The fourth-order valence-corrected chi connectivity index (χ4v) is 2.96. The van der Waals surface area contributed by atoms with Crippen molar-refractivity contribution in [3.05, 3.63) is 77.3 Å². The zero-order valence-electron chi connectivity index (χ0n) is 13.6. The van der Waals surface area contributed by atoms with Crippen molar-refractivity contribution in [3.63, 3.8) is 0 Å². The molecule has 0 amide bonds. The number of H-pyrrole nitrogens is 1. The average molecular weight is 332 g/mol. The van der Waals surface area contributed by atoms with Crippen LogP contribution in [-0.4, -0.2) is 14.7 Å². The lowest BCUT2D eigenvalue weighted by Gasteiger charge is -2.14. The highest BCUT2D eigenvalue weighted by Gasteiger charge is 2.17. The van der Waals surface area contributed by atoms with Crippen molar-refractivity contribution >= 4 is 10.9 Å². The van der Waals surface area contributed by atoms with Crippen LogP contribution in [0.2, 0.25) is 0 Å². The van der Waals surface area contributed by atoms with Gasteiger partial charge in [-0.3, -0.25) is 4.79 Å². The molecule has 4 rings (SSSR count). The van der Waals surface area contributed by atoms with E-state index < -0.39 is 0 Å². The summed E-state index contributed by atoms with van der Waals surface area (Å²) in [5, 5.41) is 11.2. The predicted molar refractivity (Wildman–Crippen MR) is 97.2 cm³/mol. The molecule has 2 aromatic heterocycles. The molecule has 2 N–H and O–H groups in total. The largest absolute Gasteiger partial charge is 0.507 e. The number of hydrogen-bond acceptors (Lipinski definition) is 3. The number of benzene rings is 2. The van der Waals surface area contributed by atoms with E-state index in [-0.39, 0.29) is 11.3 Å². The van der Waals surface area contributed by atoms with Crippen LogP contribution in [0.5, 0.6) is 17.2 Å². The average Bonchev–Trinajstić information content (AvgIpc) is 3.10. The lowest BCUT2D eigenvalue weighted by Crippen LogP contribution is -2.16. The van der Waals surface area contributed by atoms with E-state index in [1.54, 1.807) is 37.6 Å². The molecule has 2 aromatic carbocycles. The van der Waals surface area contributed by atoms with Gasteiger partial charge in [0.15, 0.2) is 0 Å². The second kappa shape index (κ2) is 5.87. The van der Waals surface area contributed by atoms with Crippen molar-refractivity contribution in [2.24, 2.45) is 7.05 Å². The first kappa shape index (κ1) is 15.1. The fraction of sp³-hybridized carbons (Fsp3) is 0.0500. The Hall–Kier alpha value is -3.47. The third-order valence-electron chi connectivity index (χ3n) is 4.14. The molecule has 124 valence electrons. The molecule has 0 fully saturated rings. The molecule has 0 saturated heterocycles. The molecule has 0 spiro atoms. The number of phenolic OH excluding ortho intramolecular Hbond substituents is 1. The summed E-state index contributed by atoms with van der Waals surface area (Å²) in [4.78, 5) is 15.2. The summed E-state index contributed by atoms with van der Waals surface area (Å²) in [6, 6.07) is 16.3. The zero-order chi connectivity index (χ0) is 17.4. The number of phenols is 1. The molecule has 0 aliphatic heterocycles. The van der Waals surface area contributed by atoms with Gasteiger partial charge in [-0.05, 0) is 30.3 Å². The zero-order valence-corrected chi connectivity index (χ0v) is 13.6. The lowest BCUT2D eigenvalue weighted by molar-refractivity contribution is 0.458. The van der Waals surface area contributed by atoms with Crippen LogP contribution in [0, 0.1) is 0 Å². The molecule has 5 nitrogen and oxygen atoms in total. The minimum Gasteiger partial charge on any atom is -0.507 e. The lowest BCUT2D eigenvalue weighted by atomic mass is 10.0. The van der Waals surface area contributed by atoms with Gasteiger partial charge in [0.25, 0.3) is 5.56 Å². The number of para-hydroxylation sites is 1. The summed E-state index contributed by atoms with van der Waals surface area (Å²) < 4.78 is 7.48. The number of pyridine rings is 1. The first-order chi connectivity index (χ1) is 12.1. The van der Waals surface area contributed by atoms with Gasteiger partial charge >= 0.3 is 0 Å². The van der Waals surface area contributed by atoms with Crippen LogP contribution in [0.3, 0.4) is 0 Å². The van der Waals surface area contributed by atoms with E-state index in [0.717, 1.165) is 10.9 Å². The molecule has 0 aliphatic rings. The number of aromatic amines is 1. The van der Waals surface area contributed by atoms with E-state index in [4.69, 9.17) is 4.74 Å². The van der Waals surface area contributed by atoms with Crippen molar-refractivity contribution < 1.29 is 9.84 Å². The van der Waals surface area contributed by atoms with Crippen LogP contribution in [0.4, 0.5) is 0 Å². The molecule has 5 heteroatoms. The maximum absolute atomic E-state index is 12.3. The SMILES string of the molecule is Cn1cc(-c2c(O)cccc2Oc2ccccc2)c2cc[nH]c2c1=O. The summed E-state index contributed by atoms with van der Waals surface area (Å²) in [5.41, 5.74) is 1.65. The quantitative estimate of drug-likeness (QED) is 0.595. The van der Waals surface area contributed by atoms with E-state index in [1.165, 1.54) is 4.57 Å². The Labute approximate surface area is 143 Å². The molecule has 0 atom stereocenters. The summed E-state index contributed by atoms with van der Waals surface area (Å²) in [5.74, 6) is 1.28. The minimum atomic E-state index is -0.121. The van der Waals surface area contributed by atoms with Crippen LogP contribution < -0.4 is 10.3 Å². The second-order valence-electron chi connectivity index (χ2n) is 5.79. The van der Waals surface area contributed by atoms with Crippen LogP contribution in [0.1, 0.15) is 0 Å². The van der Waals surface area contributed by atoms with Crippen molar-refractivity contribution in [2.75, 3.05) is 0 Å². The Morgan fingerprint density at radius 2 is 1.84 bits per heavy atom. The molecule has 4 aromatic rings. The topological polar surface area (TPSA) is 67.2 Å². The fourth-order valence-electron chi connectivity index (χ4n) is 2.96. The number of aryl methyl sites for hydroxylation is 1. The van der Waals surface area contributed by atoms with Crippen molar-refractivity contribution in [1.29, 1.82) is 0 Å². The van der Waals surface area contributed by atoms with Crippen molar-refractivity contribution in [1.82, 2.24) is 9.55 Å². The number of hydrogen-bond donors (Lipinski definition) is 2. The highest BCUT2D eigenvalue weighted by molar-refractivity contribution is 5.97. The number of ether oxygens (including phenoxy) is 1. The second-order valence-corrected chi connectivity index (χ2v) is 5.79. The summed E-state index contributed by atoms with van der Waals surface area (Å²) >= 11 is 0. The number of aromatic hydroxyl groups is 1. The molecular weight excluding hydrogens is 316 g/mol. The van der Waals surface area contributed by atoms with E-state index in [9.17, 15) is 9.90 Å². The number of nitrogens with one attached hydrogen (secondary N) is 1. The minimum absolute atomic E-state index is 0.0922. The summed E-state index contributed by atoms with van der Waals surface area (Å²) in [7, 11) is 1.68. The van der Waals surface area contributed by atoms with Gasteiger partial charge in [0.1, 0.15) is 22.8 Å². The van der Waals surface area contributed by atoms with E-state index in [2.05, 4.69) is 4.98 Å². The molecule has 0 aliphatic carbocycles. The molecule has 0 unspecified atom stereocenters. The maximum atomic E-state index is 12.3. The van der Waals surface area contributed by atoms with Gasteiger partial charge in [-0.25, -0.2) is 0 Å². The summed E-state index contributed by atoms with van der Waals surface area (Å²) in [6.07, 6.45) is 3.43. The Morgan fingerprint density at radius 1 is 1.04 bits per heavy atom. The van der Waals surface area contributed by atoms with E-state index in [1.807, 2.05) is 36.4 Å². The monoisotopic (exact) mass is 332 g/mol. The Balaban J connectivity index is 1.96. The van der Waals surface area contributed by atoms with Gasteiger partial charge in [0.2, 0.25) is 0 Å². The van der Waals surface area contributed by atoms with Crippen LogP contribution in [0.25, 0.3) is 22.0 Å². The van der Waals surface area contributed by atoms with Gasteiger partial charge in [0.05, 0.1) is 5.56 Å². The van der Waals surface area contributed by atoms with Gasteiger partial charge < -0.3 is 19.4 Å². The molecular formula is C20H16N2O3. The van der Waals surface area contributed by atoms with Gasteiger partial charge in [0, 0.05) is 30.4 Å². The predicted octanol–water partition coefficient (Wildman–Crippen LogP) is 4.03. The first-order valence-electron chi connectivity index (χ1n) is 7.87. The Morgan fingerprint density at radius 3 is 2.64 bits per heavy atom. The maximum Gasteiger partial charge on any atom is 0.274 e. The molecule has 25 heavy (non-hydrogen) atoms. The first-order valence-corrected chi connectivity index (χ1v) is 7.87. The highest BCUT2D eigenvalue weighted by atomic mass is 16.5. The number of nitrogens with zero attached hydrogens (tertiary/aromatic N) is 1. The van der Waals surface area contributed by atoms with E-state index in [0.29, 0.717) is 22.6 Å². The van der Waals surface area contributed by atoms with Gasteiger partial charge in [-0.2, -0.15) is 0 Å². The van der Waals surface area contributed by atoms with E-state index >= 15 is 0 Å². The molecule has 0 radical (unpaired) electrons. The van der Waals surface area contributed by atoms with Gasteiger partial charge in [-0.1, -0.05) is 24.3 Å². The molecule has 0 bridgehead atoms. The normalized spacial score (nSPS) is 10.9. The smallest absolute Gasteiger partial charge is 0.274 e. The number of aromatic nitrogens is 2. The third-order valence-corrected chi connectivity index (χ3v) is 4.14. The number of fused-ring (bicyclic) bond motifs is 1. The molecule has 0 saturated carbocycles. The van der Waals surface area contributed by atoms with Crippen LogP contribution in [0.15, 0.2) is 71.8 Å². The standard InChI is InChI=1S/C20H16N2O3/c1-22-12-15(14-10-11-21-19(14)20(22)24)18-16(23)8-5-9-17(18)25-13-6-3-2-4-7-13/h2-12,21,23H,1H3. The highest BCUT2D eigenvalue weighted by Crippen LogP contribution is 2.41. The van der Waals surface area contributed by atoms with Crippen LogP contribution in [-0.2, 0) is 7.05 Å².